The van der Waals surface area contributed by atoms with Crippen LogP contribution in [-0.2, 0) is 10.5 Å². The van der Waals surface area contributed by atoms with Crippen molar-refractivity contribution < 1.29 is 4.79 Å². The van der Waals surface area contributed by atoms with Crippen molar-refractivity contribution in [2.45, 2.75) is 31.9 Å². The molecule has 2 heterocycles. The van der Waals surface area contributed by atoms with E-state index in [1.54, 1.807) is 11.8 Å². The van der Waals surface area contributed by atoms with Crippen LogP contribution in [0.2, 0.25) is 0 Å². The maximum atomic E-state index is 12.3. The topological polar surface area (TPSA) is 32.3 Å². The third-order valence-corrected chi connectivity index (χ3v) is 6.11. The summed E-state index contributed by atoms with van der Waals surface area (Å²) in [6, 6.07) is 8.59. The first-order valence-corrected chi connectivity index (χ1v) is 9.44. The fraction of sp³-hybridized carbons (Fsp3) is 0.611. The quantitative estimate of drug-likeness (QED) is 0.926. The molecule has 120 valence electrons. The number of aryl methyl sites for hydroxylation is 1. The van der Waals surface area contributed by atoms with Gasteiger partial charge in [0.1, 0.15) is 0 Å². The van der Waals surface area contributed by atoms with E-state index in [0.29, 0.717) is 17.1 Å². The van der Waals surface area contributed by atoms with E-state index in [1.807, 2.05) is 0 Å². The summed E-state index contributed by atoms with van der Waals surface area (Å²) >= 11 is 1.73. The number of hydrogen-bond acceptors (Lipinski definition) is 3. The van der Waals surface area contributed by atoms with Gasteiger partial charge in [-0.15, -0.1) is 11.8 Å². The van der Waals surface area contributed by atoms with Crippen LogP contribution in [0.15, 0.2) is 24.3 Å². The van der Waals surface area contributed by atoms with Crippen LogP contribution in [0.25, 0.3) is 0 Å². The Bertz CT molecular complexity index is 498. The van der Waals surface area contributed by atoms with Gasteiger partial charge in [0.15, 0.2) is 0 Å². The van der Waals surface area contributed by atoms with E-state index in [2.05, 4.69) is 41.4 Å². The van der Waals surface area contributed by atoms with Crippen molar-refractivity contribution in [2.75, 3.05) is 31.9 Å². The smallest absolute Gasteiger partial charge is 0.232 e. The summed E-state index contributed by atoms with van der Waals surface area (Å²) in [4.78, 5) is 14.4. The second kappa shape index (κ2) is 7.05. The molecule has 0 atom stereocenters. The predicted octanol–water partition coefficient (Wildman–Crippen LogP) is 2.83. The van der Waals surface area contributed by atoms with Crippen LogP contribution in [0.3, 0.4) is 0 Å². The summed E-state index contributed by atoms with van der Waals surface area (Å²) in [5, 5.41) is 3.48. The van der Waals surface area contributed by atoms with E-state index < -0.39 is 0 Å². The average molecular weight is 318 g/mol. The van der Waals surface area contributed by atoms with Crippen molar-refractivity contribution in [3.8, 4) is 0 Å². The van der Waals surface area contributed by atoms with Gasteiger partial charge < -0.3 is 10.2 Å². The molecular formula is C18H26N2OS. The van der Waals surface area contributed by atoms with Crippen LogP contribution in [0.1, 0.15) is 30.4 Å². The molecule has 2 saturated heterocycles. The zero-order valence-corrected chi connectivity index (χ0v) is 14.3. The molecule has 0 aliphatic carbocycles. The third-order valence-electron chi connectivity index (χ3n) is 5.12. The zero-order chi connectivity index (χ0) is 15.4. The summed E-state index contributed by atoms with van der Waals surface area (Å²) in [5.41, 5.74) is 3.08. The van der Waals surface area contributed by atoms with Crippen LogP contribution in [0.5, 0.6) is 0 Å². The van der Waals surface area contributed by atoms with Gasteiger partial charge in [-0.1, -0.05) is 29.8 Å². The Kier molecular flexibility index (Phi) is 5.09. The van der Waals surface area contributed by atoms with Crippen molar-refractivity contribution in [3.05, 3.63) is 35.4 Å². The highest BCUT2D eigenvalue weighted by molar-refractivity contribution is 7.99. The molecule has 1 spiro atoms. The van der Waals surface area contributed by atoms with Crippen molar-refractivity contribution >= 4 is 17.7 Å². The summed E-state index contributed by atoms with van der Waals surface area (Å²) in [7, 11) is 0. The van der Waals surface area contributed by atoms with E-state index in [1.165, 1.54) is 30.4 Å². The first kappa shape index (κ1) is 15.9. The summed E-state index contributed by atoms with van der Waals surface area (Å²) in [6.45, 7) is 6.30. The first-order valence-electron chi connectivity index (χ1n) is 8.29. The summed E-state index contributed by atoms with van der Waals surface area (Å²) in [6.07, 6.45) is 3.64. The molecule has 22 heavy (non-hydrogen) atoms. The maximum Gasteiger partial charge on any atom is 0.232 e. The molecule has 0 saturated carbocycles. The molecule has 3 rings (SSSR count). The normalized spacial score (nSPS) is 20.5. The number of amides is 1. The van der Waals surface area contributed by atoms with E-state index in [-0.39, 0.29) is 0 Å². The Morgan fingerprint density at radius 3 is 2.59 bits per heavy atom. The summed E-state index contributed by atoms with van der Waals surface area (Å²) in [5.74, 6) is 1.85. The largest absolute Gasteiger partial charge is 0.342 e. The van der Waals surface area contributed by atoms with Crippen molar-refractivity contribution in [2.24, 2.45) is 5.41 Å². The van der Waals surface area contributed by atoms with E-state index in [4.69, 9.17) is 0 Å². The molecule has 0 aromatic heterocycles. The molecule has 1 N–H and O–H groups in total. The number of carbonyl (C=O) groups excluding carboxylic acids is 1. The van der Waals surface area contributed by atoms with Gasteiger partial charge in [-0.25, -0.2) is 0 Å². The van der Waals surface area contributed by atoms with Crippen LogP contribution in [0.4, 0.5) is 0 Å². The first-order chi connectivity index (χ1) is 10.7. The van der Waals surface area contributed by atoms with Crippen molar-refractivity contribution in [1.29, 1.82) is 0 Å². The Morgan fingerprint density at radius 2 is 1.95 bits per heavy atom. The fourth-order valence-corrected chi connectivity index (χ4v) is 4.37. The molecule has 4 heteroatoms. The van der Waals surface area contributed by atoms with Gasteiger partial charge in [0.25, 0.3) is 0 Å². The molecule has 1 amide bonds. The number of thioether (sulfide) groups is 1. The lowest BCUT2D eigenvalue weighted by Gasteiger charge is -2.38. The Morgan fingerprint density at radius 1 is 1.23 bits per heavy atom. The number of rotatable bonds is 4. The molecule has 0 radical (unpaired) electrons. The van der Waals surface area contributed by atoms with E-state index >= 15 is 0 Å². The second-order valence-corrected chi connectivity index (χ2v) is 7.77. The molecule has 3 nitrogen and oxygen atoms in total. The molecular weight excluding hydrogens is 292 g/mol. The molecule has 2 aliphatic rings. The minimum atomic E-state index is 0.318. The van der Waals surface area contributed by atoms with Crippen molar-refractivity contribution in [3.63, 3.8) is 0 Å². The van der Waals surface area contributed by atoms with Gasteiger partial charge in [-0.3, -0.25) is 4.79 Å². The molecule has 0 bridgehead atoms. The number of nitrogens with one attached hydrogen (secondary N) is 1. The van der Waals surface area contributed by atoms with Crippen LogP contribution in [0, 0.1) is 12.3 Å². The molecule has 1 aromatic rings. The highest BCUT2D eigenvalue weighted by atomic mass is 32.2. The van der Waals surface area contributed by atoms with Crippen LogP contribution < -0.4 is 5.32 Å². The number of hydrogen-bond donors (Lipinski definition) is 1. The van der Waals surface area contributed by atoms with Crippen LogP contribution in [-0.4, -0.2) is 42.7 Å². The van der Waals surface area contributed by atoms with Gasteiger partial charge in [0, 0.05) is 25.4 Å². The zero-order valence-electron chi connectivity index (χ0n) is 13.4. The Labute approximate surface area is 137 Å². The number of nitrogens with zero attached hydrogens (tertiary/aromatic N) is 1. The van der Waals surface area contributed by atoms with Crippen LogP contribution >= 0.6 is 11.8 Å². The SMILES string of the molecule is Cc1ccc(CSCC(=O)N2CCC3(CCNC3)CC2)cc1. The lowest BCUT2D eigenvalue weighted by Crippen LogP contribution is -2.44. The van der Waals surface area contributed by atoms with Gasteiger partial charge in [0.2, 0.25) is 5.91 Å². The Hall–Kier alpha value is -1.00. The van der Waals surface area contributed by atoms with Gasteiger partial charge >= 0.3 is 0 Å². The lowest BCUT2D eigenvalue weighted by atomic mass is 9.78. The molecule has 0 unspecified atom stereocenters. The minimum absolute atomic E-state index is 0.318. The highest BCUT2D eigenvalue weighted by Crippen LogP contribution is 2.37. The van der Waals surface area contributed by atoms with E-state index in [0.717, 1.165) is 31.9 Å². The molecule has 2 fully saturated rings. The number of carbonyl (C=O) groups is 1. The number of likely N-dealkylation sites (tertiary alicyclic amines) is 1. The lowest BCUT2D eigenvalue weighted by molar-refractivity contribution is -0.130. The van der Waals surface area contributed by atoms with Gasteiger partial charge in [-0.05, 0) is 43.7 Å². The van der Waals surface area contributed by atoms with Crippen molar-refractivity contribution in [1.82, 2.24) is 10.2 Å². The molecule has 1 aromatic carbocycles. The monoisotopic (exact) mass is 318 g/mol. The standard InChI is InChI=1S/C18H26N2OS/c1-15-2-4-16(5-3-15)12-22-13-17(21)20-10-7-18(8-11-20)6-9-19-14-18/h2-5,19H,6-14H2,1H3. The number of benzene rings is 1. The van der Waals surface area contributed by atoms with E-state index in [9.17, 15) is 4.79 Å². The Balaban J connectivity index is 1.40. The second-order valence-electron chi connectivity index (χ2n) is 6.79. The molecule has 2 aliphatic heterocycles. The summed E-state index contributed by atoms with van der Waals surface area (Å²) < 4.78 is 0. The highest BCUT2D eigenvalue weighted by Gasteiger charge is 2.37. The van der Waals surface area contributed by atoms with Gasteiger partial charge in [0.05, 0.1) is 5.75 Å². The fourth-order valence-electron chi connectivity index (χ4n) is 3.48. The maximum absolute atomic E-state index is 12.3. The number of piperidine rings is 1. The minimum Gasteiger partial charge on any atom is -0.342 e. The third kappa shape index (κ3) is 3.85. The van der Waals surface area contributed by atoms with Gasteiger partial charge in [-0.2, -0.15) is 0 Å². The average Bonchev–Trinajstić information content (AvgIpc) is 2.98. The predicted molar refractivity (Wildman–Crippen MR) is 93.1 cm³/mol.